The van der Waals surface area contributed by atoms with Crippen molar-refractivity contribution < 1.29 is 17.9 Å². The lowest BCUT2D eigenvalue weighted by atomic mass is 10.1. The van der Waals surface area contributed by atoms with Gasteiger partial charge in [0.2, 0.25) is 16.8 Å². The molecule has 32 heavy (non-hydrogen) atoms. The minimum absolute atomic E-state index is 0. The van der Waals surface area contributed by atoms with Crippen LogP contribution in [0, 0.1) is 0 Å². The van der Waals surface area contributed by atoms with E-state index in [-0.39, 0.29) is 35.7 Å². The van der Waals surface area contributed by atoms with Crippen molar-refractivity contribution >= 4 is 40.0 Å². The van der Waals surface area contributed by atoms with E-state index in [4.69, 9.17) is 9.47 Å². The van der Waals surface area contributed by atoms with E-state index in [1.54, 1.807) is 25.2 Å². The van der Waals surface area contributed by atoms with Gasteiger partial charge in [-0.25, -0.2) is 13.1 Å². The van der Waals surface area contributed by atoms with E-state index in [1.165, 1.54) is 0 Å². The third-order valence-electron chi connectivity index (χ3n) is 4.52. The van der Waals surface area contributed by atoms with Crippen molar-refractivity contribution in [3.05, 3.63) is 53.6 Å². The molecule has 0 unspecified atom stereocenters. The van der Waals surface area contributed by atoms with Gasteiger partial charge in [-0.1, -0.05) is 24.3 Å². The van der Waals surface area contributed by atoms with Gasteiger partial charge in [0.25, 0.3) is 0 Å². The number of halogens is 1. The number of nitrogens with zero attached hydrogens (tertiary/aromatic N) is 1. The molecule has 8 nitrogen and oxygen atoms in total. The molecule has 1 aliphatic rings. The maximum absolute atomic E-state index is 12.8. The second-order valence-corrected chi connectivity index (χ2v) is 9.90. The van der Waals surface area contributed by atoms with E-state index < -0.39 is 15.6 Å². The summed E-state index contributed by atoms with van der Waals surface area (Å²) in [4.78, 5) is 4.49. The Kier molecular flexibility index (Phi) is 9.17. The molecular weight excluding hydrogens is 543 g/mol. The molecule has 0 amide bonds. The number of nitrogens with one attached hydrogen (secondary N) is 3. The fraction of sp³-hybridized carbons (Fsp3) is 0.409. The Morgan fingerprint density at radius 1 is 1.06 bits per heavy atom. The van der Waals surface area contributed by atoms with E-state index >= 15 is 0 Å². The van der Waals surface area contributed by atoms with Crippen LogP contribution in [0.2, 0.25) is 0 Å². The fourth-order valence-electron chi connectivity index (χ4n) is 3.19. The van der Waals surface area contributed by atoms with Crippen LogP contribution < -0.4 is 24.8 Å². The van der Waals surface area contributed by atoms with Crippen molar-refractivity contribution in [2.75, 3.05) is 20.4 Å². The van der Waals surface area contributed by atoms with Crippen LogP contribution in [0.15, 0.2) is 52.4 Å². The van der Waals surface area contributed by atoms with Crippen molar-refractivity contribution in [3.8, 4) is 11.5 Å². The summed E-state index contributed by atoms with van der Waals surface area (Å²) in [6.45, 7) is 6.69. The molecule has 1 aliphatic heterocycles. The number of rotatable bonds is 7. The van der Waals surface area contributed by atoms with Crippen LogP contribution in [0.25, 0.3) is 0 Å². The zero-order valence-corrected chi connectivity index (χ0v) is 21.9. The van der Waals surface area contributed by atoms with Gasteiger partial charge in [0, 0.05) is 25.7 Å². The SMILES string of the molecule is CN=C(NCCc1ccc2c(c1)OCO2)NCc1ccccc1S(=O)(=O)NC(C)(C)C.I. The molecule has 0 aromatic heterocycles. The predicted molar refractivity (Wildman–Crippen MR) is 136 cm³/mol. The van der Waals surface area contributed by atoms with E-state index in [0.29, 0.717) is 24.6 Å². The molecule has 0 fully saturated rings. The summed E-state index contributed by atoms with van der Waals surface area (Å²) in [5.74, 6) is 2.13. The average molecular weight is 574 g/mol. The van der Waals surface area contributed by atoms with Crippen LogP contribution in [0.3, 0.4) is 0 Å². The Balaban J connectivity index is 0.00000363. The standard InChI is InChI=1S/C22H30N4O4S.HI/c1-22(2,3)26-31(27,28)20-8-6-5-7-17(20)14-25-21(23-4)24-12-11-16-9-10-18-19(13-16)30-15-29-18;/h5-10,13,26H,11-12,14-15H2,1-4H3,(H2,23,24,25);1H. The maximum atomic E-state index is 12.8. The summed E-state index contributed by atoms with van der Waals surface area (Å²) in [7, 11) is -1.95. The number of hydrogen-bond donors (Lipinski definition) is 3. The molecule has 0 radical (unpaired) electrons. The van der Waals surface area contributed by atoms with Crippen LogP contribution in [-0.2, 0) is 23.0 Å². The molecule has 0 aliphatic carbocycles. The van der Waals surface area contributed by atoms with Crippen LogP contribution in [0.4, 0.5) is 0 Å². The molecule has 176 valence electrons. The Labute approximate surface area is 207 Å². The highest BCUT2D eigenvalue weighted by Crippen LogP contribution is 2.32. The summed E-state index contributed by atoms with van der Waals surface area (Å²) in [6.07, 6.45) is 0.776. The Morgan fingerprint density at radius 3 is 2.50 bits per heavy atom. The van der Waals surface area contributed by atoms with Crippen molar-refractivity contribution in [1.82, 2.24) is 15.4 Å². The third kappa shape index (κ3) is 7.24. The first kappa shape index (κ1) is 26.2. The van der Waals surface area contributed by atoms with Crippen LogP contribution in [0.1, 0.15) is 31.9 Å². The molecule has 0 atom stereocenters. The minimum atomic E-state index is -3.63. The zero-order chi connectivity index (χ0) is 22.5. The van der Waals surface area contributed by atoms with Gasteiger partial charge in [-0.15, -0.1) is 24.0 Å². The molecule has 10 heteroatoms. The largest absolute Gasteiger partial charge is 0.454 e. The number of sulfonamides is 1. The number of aliphatic imine (C=N–C) groups is 1. The predicted octanol–water partition coefficient (Wildman–Crippen LogP) is 3.02. The molecule has 0 saturated carbocycles. The Hall–Kier alpha value is -2.05. The zero-order valence-electron chi connectivity index (χ0n) is 18.8. The van der Waals surface area contributed by atoms with Crippen molar-refractivity contribution in [2.45, 2.75) is 44.2 Å². The lowest BCUT2D eigenvalue weighted by Crippen LogP contribution is -2.41. The second-order valence-electron chi connectivity index (χ2n) is 8.25. The number of hydrogen-bond acceptors (Lipinski definition) is 5. The Morgan fingerprint density at radius 2 is 1.78 bits per heavy atom. The van der Waals surface area contributed by atoms with E-state index in [9.17, 15) is 8.42 Å². The number of benzene rings is 2. The summed E-state index contributed by atoms with van der Waals surface area (Å²) >= 11 is 0. The summed E-state index contributed by atoms with van der Waals surface area (Å²) in [5.41, 5.74) is 1.22. The number of ether oxygens (including phenoxy) is 2. The van der Waals surface area contributed by atoms with E-state index in [0.717, 1.165) is 23.5 Å². The first-order valence-corrected chi connectivity index (χ1v) is 11.6. The van der Waals surface area contributed by atoms with Gasteiger partial charge in [-0.3, -0.25) is 4.99 Å². The highest BCUT2D eigenvalue weighted by molar-refractivity contribution is 14.0. The van der Waals surface area contributed by atoms with E-state index in [2.05, 4.69) is 20.3 Å². The summed E-state index contributed by atoms with van der Waals surface area (Å²) in [6, 6.07) is 12.8. The first-order chi connectivity index (χ1) is 14.7. The maximum Gasteiger partial charge on any atom is 0.241 e. The molecule has 0 bridgehead atoms. The highest BCUT2D eigenvalue weighted by atomic mass is 127. The lowest BCUT2D eigenvalue weighted by molar-refractivity contribution is 0.174. The molecule has 3 rings (SSSR count). The van der Waals surface area contributed by atoms with Gasteiger partial charge in [-0.2, -0.15) is 0 Å². The second kappa shape index (κ2) is 11.2. The summed E-state index contributed by atoms with van der Waals surface area (Å²) < 4.78 is 39.0. The lowest BCUT2D eigenvalue weighted by Gasteiger charge is -2.22. The van der Waals surface area contributed by atoms with Crippen molar-refractivity contribution in [2.24, 2.45) is 4.99 Å². The van der Waals surface area contributed by atoms with Gasteiger partial charge in [0.05, 0.1) is 4.90 Å². The van der Waals surface area contributed by atoms with E-state index in [1.807, 2.05) is 45.0 Å². The molecule has 0 spiro atoms. The number of guanidine groups is 1. The highest BCUT2D eigenvalue weighted by Gasteiger charge is 2.24. The van der Waals surface area contributed by atoms with Crippen LogP contribution >= 0.6 is 24.0 Å². The minimum Gasteiger partial charge on any atom is -0.454 e. The van der Waals surface area contributed by atoms with Gasteiger partial charge in [-0.05, 0) is 56.5 Å². The first-order valence-electron chi connectivity index (χ1n) is 10.1. The smallest absolute Gasteiger partial charge is 0.241 e. The van der Waals surface area contributed by atoms with Crippen molar-refractivity contribution in [1.29, 1.82) is 0 Å². The Bertz CT molecular complexity index is 1050. The molecule has 2 aromatic carbocycles. The fourth-order valence-corrected chi connectivity index (χ4v) is 4.85. The molecule has 3 N–H and O–H groups in total. The average Bonchev–Trinajstić information content (AvgIpc) is 3.17. The van der Waals surface area contributed by atoms with Crippen LogP contribution in [-0.4, -0.2) is 40.3 Å². The quantitative estimate of drug-likeness (QED) is 0.267. The van der Waals surface area contributed by atoms with Crippen LogP contribution in [0.5, 0.6) is 11.5 Å². The monoisotopic (exact) mass is 574 g/mol. The molecule has 0 saturated heterocycles. The number of fused-ring (bicyclic) bond motifs is 1. The van der Waals surface area contributed by atoms with Gasteiger partial charge >= 0.3 is 0 Å². The molecule has 1 heterocycles. The van der Waals surface area contributed by atoms with Gasteiger partial charge < -0.3 is 20.1 Å². The van der Waals surface area contributed by atoms with Gasteiger partial charge in [0.1, 0.15) is 0 Å². The summed E-state index contributed by atoms with van der Waals surface area (Å²) in [5, 5.41) is 6.45. The topological polar surface area (TPSA) is 101 Å². The molecule has 2 aromatic rings. The normalized spacial score (nSPS) is 13.4. The van der Waals surface area contributed by atoms with Crippen molar-refractivity contribution in [3.63, 3.8) is 0 Å². The van der Waals surface area contributed by atoms with Gasteiger partial charge in [0.15, 0.2) is 17.5 Å². The third-order valence-corrected chi connectivity index (χ3v) is 6.37. The molecular formula is C22H31IN4O4S.